The number of aliphatic carboxylic acids is 1. The van der Waals surface area contributed by atoms with Gasteiger partial charge in [-0.05, 0) is 64.2 Å². The van der Waals surface area contributed by atoms with Crippen molar-refractivity contribution in [3.63, 3.8) is 0 Å². The molecular formula is C41H68N2O7. The van der Waals surface area contributed by atoms with Crippen molar-refractivity contribution in [2.75, 3.05) is 13.2 Å². The number of ether oxygens (including phenoxy) is 1. The molecule has 0 heterocycles. The first-order valence-electron chi connectivity index (χ1n) is 19.2. The average Bonchev–Trinajstić information content (AvgIpc) is 3.10. The van der Waals surface area contributed by atoms with E-state index in [1.807, 2.05) is 12.2 Å². The first-order chi connectivity index (χ1) is 24.3. The minimum Gasteiger partial charge on any atom is -0.480 e. The number of carbonyl (C=O) groups is 4. The summed E-state index contributed by atoms with van der Waals surface area (Å²) in [5.74, 6) is -2.45. The summed E-state index contributed by atoms with van der Waals surface area (Å²) in [5, 5.41) is 22.5. The van der Waals surface area contributed by atoms with Crippen LogP contribution in [0.15, 0.2) is 60.8 Å². The second-order valence-corrected chi connectivity index (χ2v) is 12.7. The van der Waals surface area contributed by atoms with Gasteiger partial charge < -0.3 is 25.6 Å². The monoisotopic (exact) mass is 701 g/mol. The van der Waals surface area contributed by atoms with E-state index in [2.05, 4.69) is 73.1 Å². The van der Waals surface area contributed by atoms with Crippen molar-refractivity contribution >= 4 is 23.8 Å². The van der Waals surface area contributed by atoms with Gasteiger partial charge in [-0.15, -0.1) is 0 Å². The van der Waals surface area contributed by atoms with Crippen LogP contribution in [0.5, 0.6) is 0 Å². The Morgan fingerprint density at radius 2 is 1.10 bits per heavy atom. The van der Waals surface area contributed by atoms with E-state index < -0.39 is 24.5 Å². The third kappa shape index (κ3) is 31.8. The number of aliphatic hydroxyl groups excluding tert-OH is 1. The normalized spacial score (nSPS) is 13.2. The maximum Gasteiger partial charge on any atom is 0.328 e. The van der Waals surface area contributed by atoms with Crippen LogP contribution >= 0.6 is 0 Å². The van der Waals surface area contributed by atoms with Crippen molar-refractivity contribution in [2.24, 2.45) is 0 Å². The van der Waals surface area contributed by atoms with Gasteiger partial charge in [-0.1, -0.05) is 132 Å². The number of hydrogen-bond acceptors (Lipinski definition) is 6. The number of rotatable bonds is 33. The van der Waals surface area contributed by atoms with Gasteiger partial charge in [0.2, 0.25) is 11.8 Å². The lowest BCUT2D eigenvalue weighted by atomic mass is 10.0. The summed E-state index contributed by atoms with van der Waals surface area (Å²) in [6, 6.07) is -1.39. The van der Waals surface area contributed by atoms with E-state index in [1.54, 1.807) is 0 Å². The highest BCUT2D eigenvalue weighted by Gasteiger charge is 2.18. The summed E-state index contributed by atoms with van der Waals surface area (Å²) >= 11 is 0. The van der Waals surface area contributed by atoms with Gasteiger partial charge in [0.1, 0.15) is 12.1 Å². The summed E-state index contributed by atoms with van der Waals surface area (Å²) in [4.78, 5) is 47.3. The van der Waals surface area contributed by atoms with Gasteiger partial charge in [0.25, 0.3) is 0 Å². The van der Waals surface area contributed by atoms with Crippen LogP contribution in [0.1, 0.15) is 149 Å². The lowest BCUT2D eigenvalue weighted by molar-refractivity contribution is -0.148. The molecule has 0 aromatic heterocycles. The van der Waals surface area contributed by atoms with E-state index in [4.69, 9.17) is 14.9 Å². The molecule has 0 aliphatic heterocycles. The molecule has 2 atom stereocenters. The average molecular weight is 701 g/mol. The molecule has 0 aromatic rings. The summed E-state index contributed by atoms with van der Waals surface area (Å²) < 4.78 is 5.91. The van der Waals surface area contributed by atoms with Crippen LogP contribution in [-0.4, -0.2) is 59.3 Å². The Labute approximate surface area is 302 Å². The highest BCUT2D eigenvalue weighted by Crippen LogP contribution is 2.18. The Bertz CT molecular complexity index is 1030. The molecule has 0 bridgehead atoms. The van der Waals surface area contributed by atoms with Crippen molar-refractivity contribution in [3.8, 4) is 0 Å². The summed E-state index contributed by atoms with van der Waals surface area (Å²) in [5.41, 5.74) is 0. The molecule has 0 fully saturated rings. The minimum absolute atomic E-state index is 0.0654. The fourth-order valence-electron chi connectivity index (χ4n) is 5.14. The second kappa shape index (κ2) is 35.4. The molecule has 0 aliphatic rings. The maximum atomic E-state index is 12.6. The Balaban J connectivity index is 4.36. The molecular weight excluding hydrogens is 632 g/mol. The minimum atomic E-state index is -1.39. The van der Waals surface area contributed by atoms with E-state index in [0.717, 1.165) is 83.5 Å². The SMILES string of the molecule is CC/C=C\C/C=C\C/C=C\C/C=C\C/C=C\CC(=O)OC(CCCCCCCCC)CCCCCCCC(=O)NCC(=O)NC(CO)C(=O)O. The van der Waals surface area contributed by atoms with E-state index in [0.29, 0.717) is 6.42 Å². The number of aliphatic hydroxyl groups is 1. The predicted molar refractivity (Wildman–Crippen MR) is 204 cm³/mol. The van der Waals surface area contributed by atoms with Gasteiger partial charge in [0.15, 0.2) is 0 Å². The van der Waals surface area contributed by atoms with Crippen LogP contribution in [-0.2, 0) is 23.9 Å². The third-order valence-electron chi connectivity index (χ3n) is 8.06. The Hall–Kier alpha value is -3.46. The third-order valence-corrected chi connectivity index (χ3v) is 8.06. The molecule has 284 valence electrons. The maximum absolute atomic E-state index is 12.6. The summed E-state index contributed by atoms with van der Waals surface area (Å²) in [6.45, 7) is 3.31. The lowest BCUT2D eigenvalue weighted by Gasteiger charge is -2.18. The molecule has 4 N–H and O–H groups in total. The van der Waals surface area contributed by atoms with Crippen molar-refractivity contribution in [2.45, 2.75) is 161 Å². The Morgan fingerprint density at radius 3 is 1.60 bits per heavy atom. The van der Waals surface area contributed by atoms with Gasteiger partial charge in [-0.2, -0.15) is 0 Å². The van der Waals surface area contributed by atoms with E-state index >= 15 is 0 Å². The van der Waals surface area contributed by atoms with Gasteiger partial charge in [-0.3, -0.25) is 14.4 Å². The largest absolute Gasteiger partial charge is 0.480 e. The van der Waals surface area contributed by atoms with Crippen LogP contribution in [0.25, 0.3) is 0 Å². The molecule has 0 saturated heterocycles. The zero-order valence-corrected chi connectivity index (χ0v) is 31.1. The zero-order chi connectivity index (χ0) is 36.9. The van der Waals surface area contributed by atoms with E-state index in [-0.39, 0.29) is 37.4 Å². The van der Waals surface area contributed by atoms with E-state index in [1.165, 1.54) is 32.1 Å². The quantitative estimate of drug-likeness (QED) is 0.0305. The predicted octanol–water partition coefficient (Wildman–Crippen LogP) is 8.59. The standard InChI is InChI=1S/C41H68N2O7/c1-3-5-7-9-11-12-13-14-15-16-17-18-20-25-29-33-40(47)50-36(30-26-22-19-10-8-6-4-2)31-27-23-21-24-28-32-38(45)42-34-39(46)43-37(35-44)41(48)49/h5,7,11-12,14-15,17-18,25,29,36-37,44H,3-4,6,8-10,13,16,19-24,26-28,30-35H2,1-2H3,(H,42,45)(H,43,46)(H,48,49)/b7-5-,12-11-,15-14-,18-17-,29-25-. The van der Waals surface area contributed by atoms with Crippen molar-refractivity contribution < 1.29 is 34.1 Å². The molecule has 0 aromatic carbocycles. The van der Waals surface area contributed by atoms with Crippen LogP contribution in [0.2, 0.25) is 0 Å². The fourth-order valence-corrected chi connectivity index (χ4v) is 5.14. The number of esters is 1. The van der Waals surface area contributed by atoms with E-state index in [9.17, 15) is 19.2 Å². The number of unbranched alkanes of at least 4 members (excludes halogenated alkanes) is 10. The van der Waals surface area contributed by atoms with Crippen LogP contribution in [0.3, 0.4) is 0 Å². The van der Waals surface area contributed by atoms with Gasteiger partial charge in [-0.25, -0.2) is 4.79 Å². The first-order valence-corrected chi connectivity index (χ1v) is 19.2. The molecule has 0 aliphatic carbocycles. The number of carbonyl (C=O) groups excluding carboxylic acids is 3. The first kappa shape index (κ1) is 46.5. The molecule has 0 saturated carbocycles. The molecule has 2 unspecified atom stereocenters. The Morgan fingerprint density at radius 1 is 0.620 bits per heavy atom. The van der Waals surface area contributed by atoms with Gasteiger partial charge in [0, 0.05) is 6.42 Å². The Kier molecular flexibility index (Phi) is 32.9. The number of nitrogens with one attached hydrogen (secondary N) is 2. The number of carboxylic acid groups (broad SMARTS) is 1. The van der Waals surface area contributed by atoms with Crippen LogP contribution in [0.4, 0.5) is 0 Å². The van der Waals surface area contributed by atoms with Crippen LogP contribution < -0.4 is 10.6 Å². The number of amides is 2. The molecule has 0 radical (unpaired) electrons. The van der Waals surface area contributed by atoms with Gasteiger partial charge >= 0.3 is 11.9 Å². The molecule has 9 nitrogen and oxygen atoms in total. The van der Waals surface area contributed by atoms with Crippen molar-refractivity contribution in [1.29, 1.82) is 0 Å². The topological polar surface area (TPSA) is 142 Å². The van der Waals surface area contributed by atoms with Crippen LogP contribution in [0, 0.1) is 0 Å². The second-order valence-electron chi connectivity index (χ2n) is 12.7. The highest BCUT2D eigenvalue weighted by molar-refractivity contribution is 5.87. The molecule has 50 heavy (non-hydrogen) atoms. The smallest absolute Gasteiger partial charge is 0.328 e. The lowest BCUT2D eigenvalue weighted by Crippen LogP contribution is -2.47. The van der Waals surface area contributed by atoms with Crippen molar-refractivity contribution in [1.82, 2.24) is 10.6 Å². The molecule has 2 amide bonds. The molecule has 0 rings (SSSR count). The summed E-state index contributed by atoms with van der Waals surface area (Å²) in [7, 11) is 0. The number of hydrogen-bond donors (Lipinski definition) is 4. The number of carboxylic acids is 1. The summed E-state index contributed by atoms with van der Waals surface area (Å²) in [6.07, 6.45) is 41.2. The number of allylic oxidation sites excluding steroid dienone is 9. The molecule has 0 spiro atoms. The van der Waals surface area contributed by atoms with Gasteiger partial charge in [0.05, 0.1) is 19.6 Å². The van der Waals surface area contributed by atoms with Crippen molar-refractivity contribution in [3.05, 3.63) is 60.8 Å². The highest BCUT2D eigenvalue weighted by atomic mass is 16.5. The molecule has 9 heteroatoms. The fraction of sp³-hybridized carbons (Fsp3) is 0.659. The zero-order valence-electron chi connectivity index (χ0n) is 31.1.